The van der Waals surface area contributed by atoms with E-state index in [0.29, 0.717) is 113 Å². The van der Waals surface area contributed by atoms with Crippen molar-refractivity contribution >= 4 is 110 Å². The quantitative estimate of drug-likeness (QED) is 0.0410. The normalized spacial score (nSPS) is 13.2. The summed E-state index contributed by atoms with van der Waals surface area (Å²) in [5.41, 5.74) is 6.09. The number of hydrogen-bond acceptors (Lipinski definition) is 22. The first-order valence-electron chi connectivity index (χ1n) is 38.0. The van der Waals surface area contributed by atoms with Crippen LogP contribution in [0.3, 0.4) is 0 Å². The molecular weight excluding hydrogens is 1800 g/mol. The second kappa shape index (κ2) is 38.9. The predicted molar refractivity (Wildman–Crippen MR) is 462 cm³/mol. The molecule has 624 valence electrons. The summed E-state index contributed by atoms with van der Waals surface area (Å²) in [6.07, 6.45) is 21.5. The fourth-order valence-corrected chi connectivity index (χ4v) is 17.9. The van der Waals surface area contributed by atoms with Gasteiger partial charge in [0.2, 0.25) is 0 Å². The van der Waals surface area contributed by atoms with Gasteiger partial charge in [-0.25, -0.2) is 53.5 Å². The number of aromatic nitrogens is 6. The van der Waals surface area contributed by atoms with Crippen molar-refractivity contribution in [2.75, 3.05) is 63.1 Å². The number of anilines is 3. The van der Waals surface area contributed by atoms with Crippen molar-refractivity contribution in [3.05, 3.63) is 284 Å². The molecule has 3 fully saturated rings. The number of benzene rings is 8. The Labute approximate surface area is 722 Å². The van der Waals surface area contributed by atoms with Crippen LogP contribution in [0, 0.1) is 6.42 Å². The van der Waals surface area contributed by atoms with E-state index in [1.807, 2.05) is 36.4 Å². The summed E-state index contributed by atoms with van der Waals surface area (Å²) in [5.74, 6) is 4.73. The molecule has 1 N–H and O–H groups in total. The van der Waals surface area contributed by atoms with E-state index < -0.39 is 30.1 Å². The average Bonchev–Trinajstić information content (AvgIpc) is 1.29. The topological polar surface area (TPSA) is 330 Å². The second-order valence-electron chi connectivity index (χ2n) is 27.8. The van der Waals surface area contributed by atoms with E-state index in [4.69, 9.17) is 46.4 Å². The molecule has 8 aromatic carbocycles. The summed E-state index contributed by atoms with van der Waals surface area (Å²) in [7, 11) is -1.54. The third-order valence-corrected chi connectivity index (χ3v) is 26.1. The molecule has 3 saturated carbocycles. The molecule has 0 amide bonds. The Balaban J connectivity index is 0.000000153. The molecule has 121 heavy (non-hydrogen) atoms. The van der Waals surface area contributed by atoms with Crippen LogP contribution < -0.4 is 63.2 Å². The Morgan fingerprint density at radius 3 is 1.15 bits per heavy atom. The zero-order chi connectivity index (χ0) is 85.7. The van der Waals surface area contributed by atoms with Crippen molar-refractivity contribution in [2.24, 2.45) is 0 Å². The number of sulfonamides is 3. The van der Waals surface area contributed by atoms with Crippen LogP contribution in [0.25, 0.3) is 49.8 Å². The minimum absolute atomic E-state index is 0.00294. The van der Waals surface area contributed by atoms with E-state index in [0.717, 1.165) is 38.8 Å². The number of rotatable bonds is 25. The molecule has 14 aromatic rings. The number of fused-ring (bicyclic) bond motifs is 3. The fourth-order valence-electron chi connectivity index (χ4n) is 13.9. The summed E-state index contributed by atoms with van der Waals surface area (Å²) in [4.78, 5) is 51.0. The number of nitrogens with zero attached hydrogens (tertiary/aromatic N) is 8. The molecule has 28 nitrogen and oxygen atoms in total. The van der Waals surface area contributed by atoms with Gasteiger partial charge in [0.05, 0.1) is 130 Å². The first-order chi connectivity index (χ1) is 58.6. The Morgan fingerprint density at radius 1 is 0.430 bits per heavy atom. The van der Waals surface area contributed by atoms with Gasteiger partial charge < -0.3 is 52.8 Å². The van der Waals surface area contributed by atoms with Gasteiger partial charge >= 0.3 is 48.0 Å². The fraction of sp³-hybridized carbons (Fsp3) is 0.230. The molecule has 0 aliphatic heterocycles. The van der Waals surface area contributed by atoms with Crippen molar-refractivity contribution in [3.8, 4) is 57.3 Å². The summed E-state index contributed by atoms with van der Waals surface area (Å²) >= 11 is 7.66. The third-order valence-electron chi connectivity index (χ3n) is 20.9. The summed E-state index contributed by atoms with van der Waals surface area (Å²) in [6.45, 7) is -0.234. The van der Waals surface area contributed by atoms with Crippen LogP contribution in [0.5, 0.6) is 40.2 Å². The Bertz CT molecular complexity index is 6580. The number of hydrogen-bond donors (Lipinski definition) is 1. The molecular formula is C87H83Br2N9O19S3Zn. The molecule has 0 radical (unpaired) electrons. The van der Waals surface area contributed by atoms with Gasteiger partial charge in [0.1, 0.15) is 59.0 Å². The van der Waals surface area contributed by atoms with Gasteiger partial charge in [-0.05, 0) is 188 Å². The zero-order valence-corrected chi connectivity index (χ0v) is 75.4. The number of nitrogens with one attached hydrogen (secondary N) is 1. The van der Waals surface area contributed by atoms with Crippen LogP contribution in [0.2, 0.25) is 0 Å². The van der Waals surface area contributed by atoms with Crippen molar-refractivity contribution in [3.63, 3.8) is 0 Å². The maximum atomic E-state index is 14.1. The number of oxazole rings is 3. The molecule has 17 rings (SSSR count). The molecule has 0 saturated heterocycles. The van der Waals surface area contributed by atoms with Crippen LogP contribution in [0.1, 0.15) is 91.9 Å². The van der Waals surface area contributed by atoms with Gasteiger partial charge in [-0.15, -0.1) is 6.42 Å². The maximum absolute atomic E-state index is 14.1. The van der Waals surface area contributed by atoms with Crippen molar-refractivity contribution in [1.82, 2.24) is 28.7 Å². The minimum atomic E-state index is -4.19. The average molecular weight is 1880 g/mol. The summed E-state index contributed by atoms with van der Waals surface area (Å²) in [5, 5.41) is 1.67. The molecule has 0 bridgehead atoms. The van der Waals surface area contributed by atoms with Gasteiger partial charge in [0.15, 0.2) is 0 Å². The van der Waals surface area contributed by atoms with Crippen LogP contribution in [-0.4, -0.2) is 104 Å². The van der Waals surface area contributed by atoms with Gasteiger partial charge in [-0.3, -0.25) is 28.1 Å². The van der Waals surface area contributed by atoms with Crippen molar-refractivity contribution in [1.29, 1.82) is 0 Å². The Morgan fingerprint density at radius 2 is 0.802 bits per heavy atom. The zero-order valence-electron chi connectivity index (χ0n) is 66.8. The van der Waals surface area contributed by atoms with E-state index in [9.17, 15) is 39.6 Å². The number of methoxy groups -OCH3 is 7. The molecule has 6 aromatic heterocycles. The number of halogens is 2. The van der Waals surface area contributed by atoms with Crippen LogP contribution in [0.15, 0.2) is 266 Å². The van der Waals surface area contributed by atoms with E-state index in [-0.39, 0.29) is 62.5 Å². The molecule has 3 aliphatic carbocycles. The van der Waals surface area contributed by atoms with Gasteiger partial charge in [0.25, 0.3) is 46.7 Å². The van der Waals surface area contributed by atoms with Crippen LogP contribution >= 0.6 is 29.6 Å². The van der Waals surface area contributed by atoms with E-state index in [2.05, 4.69) is 55.6 Å². The summed E-state index contributed by atoms with van der Waals surface area (Å²) in [6, 6.07) is 49.8. The van der Waals surface area contributed by atoms with Crippen molar-refractivity contribution in [2.45, 2.75) is 97.4 Å². The van der Waals surface area contributed by atoms with Gasteiger partial charge in [-0.2, -0.15) is 12.8 Å². The van der Waals surface area contributed by atoms with Crippen molar-refractivity contribution < 1.29 is 88.0 Å². The SMILES string of the molecule is COc1cc(C2CCC2)ccc1-n1c(=O)ccc2cc(S(=O)(=O)Nc3ncco3)ccc21.COc1ccc(CN(c2ncco2)S(=O)(=O)c2ccc3c(ccc(=O)n3-c3ccc(Br)cc3OC)c2)c(OC)c1.COc1ccc(CN(c2ncco2)S(=O)(=O)c2ccc3c(ccc(=O)n3-c3ccc(C4CCC4)cc3OC)c2)c(OC)c1.[CH-]1CCC1.[Zn+][Br]. The van der Waals surface area contributed by atoms with E-state index in [1.165, 1.54) is 196 Å². The molecule has 0 atom stereocenters. The molecule has 34 heteroatoms. The van der Waals surface area contributed by atoms with Crippen LogP contribution in [-0.2, 0) is 59.5 Å². The third kappa shape index (κ3) is 19.1. The number of pyridine rings is 3. The molecule has 0 spiro atoms. The van der Waals surface area contributed by atoms with Gasteiger partial charge in [-0.1, -0.05) is 40.9 Å². The molecule has 6 heterocycles. The predicted octanol–water partition coefficient (Wildman–Crippen LogP) is 17.1. The first kappa shape index (κ1) is 87.3. The Kier molecular flexibility index (Phi) is 28.0. The monoisotopic (exact) mass is 1880 g/mol. The standard InChI is InChI=1S/C32H31N3O7S.C28H24BrN3O7S.C23H21N3O5S.C4H7.BrH.Zn/c1-39-25-10-7-24(29(19-25)40-2)20-34(32-33-15-16-42-32)43(37,38)26-11-13-27-23(17-26)9-14-31(36)35(27)28-12-8-22(18-30(28)41-3)21-5-4-6-21;1-36-21-7-4-19(25(16-21)37-2)17-31(28-30-12-13-39-28)40(34,35)22-8-10-23-18(14-22)5-11-27(33)32(23)24-9-6-20(29)15-26(24)38-3;1-30-21-14-16(15-3-2-4-15)5-8-20(21)26-19-9-7-18(13-17(19)6-10-22(26)27)32(28,29)25-23-24-11-12-31-23;1-2-4-3-1;;/h7-19,21H,4-6,20H2,1-3H3;4-16H,17H2,1-3H3;5-15H,2-4H2,1H3,(H,24,25);1H,2-4H2;1H;/q;;;-1;;+2/p-1. The Hall–Kier alpha value is -11.5. The summed E-state index contributed by atoms with van der Waals surface area (Å²) < 4.78 is 146. The first-order valence-corrected chi connectivity index (χ1v) is 50.1. The van der Waals surface area contributed by atoms with Crippen LogP contribution in [0.4, 0.5) is 18.0 Å². The van der Waals surface area contributed by atoms with E-state index in [1.54, 1.807) is 110 Å². The van der Waals surface area contributed by atoms with E-state index >= 15 is 0 Å². The molecule has 3 aliphatic rings. The molecule has 0 unspecified atom stereocenters. The second-order valence-corrected chi connectivity index (χ2v) is 34.1. The van der Waals surface area contributed by atoms with Gasteiger partial charge in [0, 0.05) is 62.1 Å². The number of ether oxygens (including phenoxy) is 7.